The average Bonchev–Trinajstić information content (AvgIpc) is 2.81. The average molecular weight is 421 g/mol. The third kappa shape index (κ3) is 5.29. The highest BCUT2D eigenvalue weighted by atomic mass is 16.5. The number of aromatic nitrogens is 1. The van der Waals surface area contributed by atoms with Crippen LogP contribution in [-0.2, 0) is 39.7 Å². The normalized spacial score (nSPS) is 12.8. The molecule has 6 nitrogen and oxygen atoms in total. The van der Waals surface area contributed by atoms with Crippen molar-refractivity contribution in [2.75, 3.05) is 7.11 Å². The predicted molar refractivity (Wildman–Crippen MR) is 117 cm³/mol. The Balaban J connectivity index is 1.91. The molecule has 0 saturated carbocycles. The molecule has 0 aliphatic rings. The first kappa shape index (κ1) is 22.5. The first-order valence-electron chi connectivity index (χ1n) is 10.2. The number of aliphatic carboxylic acids is 1. The summed E-state index contributed by atoms with van der Waals surface area (Å²) in [6.07, 6.45) is 1.77. The van der Waals surface area contributed by atoms with Gasteiger partial charge in [0.15, 0.2) is 5.60 Å². The van der Waals surface area contributed by atoms with Gasteiger partial charge in [-0.2, -0.15) is 0 Å². The van der Waals surface area contributed by atoms with Crippen molar-refractivity contribution in [3.63, 3.8) is 0 Å². The van der Waals surface area contributed by atoms with Crippen LogP contribution in [0.1, 0.15) is 35.6 Å². The van der Waals surface area contributed by atoms with Gasteiger partial charge in [0.25, 0.3) is 0 Å². The van der Waals surface area contributed by atoms with E-state index >= 15 is 0 Å². The molecule has 31 heavy (non-hydrogen) atoms. The number of hydrogen-bond donors (Lipinski definition) is 1. The van der Waals surface area contributed by atoms with Crippen molar-refractivity contribution in [2.45, 2.75) is 38.8 Å². The Labute approximate surface area is 182 Å². The number of methoxy groups -OCH3 is 1. The van der Waals surface area contributed by atoms with Gasteiger partial charge in [0.2, 0.25) is 5.88 Å². The Kier molecular flexibility index (Phi) is 7.76. The van der Waals surface area contributed by atoms with Gasteiger partial charge in [0.05, 0.1) is 26.9 Å². The number of pyridine rings is 1. The van der Waals surface area contributed by atoms with Gasteiger partial charge < -0.3 is 19.3 Å². The molecule has 162 valence electrons. The fraction of sp³-hybridized carbons (Fsp3) is 0.280. The smallest absolute Gasteiger partial charge is 0.340 e. The number of ether oxygens (including phenoxy) is 3. The highest BCUT2D eigenvalue weighted by Crippen LogP contribution is 2.37. The third-order valence-corrected chi connectivity index (χ3v) is 5.17. The molecule has 0 spiro atoms. The standard InChI is InChI=1S/C25H27NO5/c1-3-25(24(27)28,31-17-20-12-8-5-9-13-20)22-14-15-26-23(29-2)21(22)18-30-16-19-10-6-4-7-11-19/h4-15H,3,16-18H2,1-2H3,(H,27,28)/t25-/m1/s1. The lowest BCUT2D eigenvalue weighted by atomic mass is 9.88. The summed E-state index contributed by atoms with van der Waals surface area (Å²) in [4.78, 5) is 16.8. The molecule has 0 radical (unpaired) electrons. The summed E-state index contributed by atoms with van der Waals surface area (Å²) in [5.74, 6) is -0.739. The van der Waals surface area contributed by atoms with E-state index in [1.807, 2.05) is 60.7 Å². The number of carboxylic acids is 1. The molecule has 2 aromatic carbocycles. The lowest BCUT2D eigenvalue weighted by molar-refractivity contribution is -0.171. The molecule has 3 rings (SSSR count). The summed E-state index contributed by atoms with van der Waals surface area (Å²) in [6.45, 7) is 2.48. The molecule has 0 amide bonds. The van der Waals surface area contributed by atoms with Crippen LogP contribution in [-0.4, -0.2) is 23.2 Å². The van der Waals surface area contributed by atoms with E-state index in [9.17, 15) is 9.90 Å². The van der Waals surface area contributed by atoms with Crippen molar-refractivity contribution in [2.24, 2.45) is 0 Å². The van der Waals surface area contributed by atoms with Crippen molar-refractivity contribution in [3.8, 4) is 5.88 Å². The molecule has 1 heterocycles. The Morgan fingerprint density at radius 1 is 0.935 bits per heavy atom. The van der Waals surface area contributed by atoms with Crippen LogP contribution in [0.2, 0.25) is 0 Å². The van der Waals surface area contributed by atoms with E-state index in [0.29, 0.717) is 23.6 Å². The largest absolute Gasteiger partial charge is 0.481 e. The molecule has 0 fully saturated rings. The predicted octanol–water partition coefficient (Wildman–Crippen LogP) is 4.71. The van der Waals surface area contributed by atoms with E-state index in [-0.39, 0.29) is 19.6 Å². The number of carboxylic acid groups (broad SMARTS) is 1. The monoisotopic (exact) mass is 421 g/mol. The summed E-state index contributed by atoms with van der Waals surface area (Å²) in [5.41, 5.74) is 1.41. The zero-order valence-electron chi connectivity index (χ0n) is 17.8. The fourth-order valence-corrected chi connectivity index (χ4v) is 3.49. The maximum atomic E-state index is 12.5. The van der Waals surface area contributed by atoms with Crippen LogP contribution in [0.4, 0.5) is 0 Å². The quantitative estimate of drug-likeness (QED) is 0.483. The highest BCUT2D eigenvalue weighted by molar-refractivity contribution is 5.80. The lowest BCUT2D eigenvalue weighted by Gasteiger charge is -2.31. The molecular formula is C25H27NO5. The molecule has 0 aliphatic heterocycles. The van der Waals surface area contributed by atoms with E-state index in [1.165, 1.54) is 13.3 Å². The van der Waals surface area contributed by atoms with Gasteiger partial charge in [-0.25, -0.2) is 9.78 Å². The van der Waals surface area contributed by atoms with Crippen molar-refractivity contribution in [1.29, 1.82) is 0 Å². The second-order valence-electron chi connectivity index (χ2n) is 7.08. The molecule has 0 saturated heterocycles. The molecule has 1 atom stereocenters. The fourth-order valence-electron chi connectivity index (χ4n) is 3.49. The maximum Gasteiger partial charge on any atom is 0.340 e. The number of benzene rings is 2. The Morgan fingerprint density at radius 3 is 2.10 bits per heavy atom. The summed E-state index contributed by atoms with van der Waals surface area (Å²) in [7, 11) is 1.51. The first-order valence-corrected chi connectivity index (χ1v) is 10.2. The zero-order chi connectivity index (χ0) is 22.1. The van der Waals surface area contributed by atoms with Crippen LogP contribution in [0.5, 0.6) is 5.88 Å². The van der Waals surface area contributed by atoms with E-state index in [4.69, 9.17) is 14.2 Å². The molecule has 1 N–H and O–H groups in total. The zero-order valence-corrected chi connectivity index (χ0v) is 17.8. The molecule has 0 bridgehead atoms. The number of nitrogens with zero attached hydrogens (tertiary/aromatic N) is 1. The van der Waals surface area contributed by atoms with Crippen LogP contribution < -0.4 is 4.74 Å². The summed E-state index contributed by atoms with van der Waals surface area (Å²) < 4.78 is 17.4. The van der Waals surface area contributed by atoms with Crippen LogP contribution in [0, 0.1) is 0 Å². The van der Waals surface area contributed by atoms with Gasteiger partial charge in [-0.05, 0) is 23.6 Å². The van der Waals surface area contributed by atoms with Gasteiger partial charge in [0.1, 0.15) is 0 Å². The van der Waals surface area contributed by atoms with Crippen LogP contribution in [0.25, 0.3) is 0 Å². The van der Waals surface area contributed by atoms with Crippen molar-refractivity contribution in [1.82, 2.24) is 4.98 Å². The van der Waals surface area contributed by atoms with Crippen LogP contribution in [0.3, 0.4) is 0 Å². The van der Waals surface area contributed by atoms with Crippen molar-refractivity contribution >= 4 is 5.97 Å². The lowest BCUT2D eigenvalue weighted by Crippen LogP contribution is -2.39. The topological polar surface area (TPSA) is 77.9 Å². The molecule has 6 heteroatoms. The van der Waals surface area contributed by atoms with Gasteiger partial charge in [-0.3, -0.25) is 0 Å². The van der Waals surface area contributed by atoms with Gasteiger partial charge >= 0.3 is 5.97 Å². The van der Waals surface area contributed by atoms with Crippen LogP contribution in [0.15, 0.2) is 72.9 Å². The summed E-state index contributed by atoms with van der Waals surface area (Å²) >= 11 is 0. The van der Waals surface area contributed by atoms with Gasteiger partial charge in [0, 0.05) is 17.3 Å². The van der Waals surface area contributed by atoms with Gasteiger partial charge in [-0.15, -0.1) is 0 Å². The number of rotatable bonds is 11. The molecule has 1 aromatic heterocycles. The van der Waals surface area contributed by atoms with Crippen LogP contribution >= 0.6 is 0 Å². The minimum atomic E-state index is -1.56. The second kappa shape index (κ2) is 10.7. The highest BCUT2D eigenvalue weighted by Gasteiger charge is 2.42. The maximum absolute atomic E-state index is 12.5. The van der Waals surface area contributed by atoms with E-state index in [0.717, 1.165) is 11.1 Å². The van der Waals surface area contributed by atoms with Crippen molar-refractivity contribution < 1.29 is 24.1 Å². The number of hydrogen-bond acceptors (Lipinski definition) is 5. The minimum Gasteiger partial charge on any atom is -0.481 e. The molecular weight excluding hydrogens is 394 g/mol. The first-order chi connectivity index (χ1) is 15.1. The Morgan fingerprint density at radius 2 is 1.55 bits per heavy atom. The van der Waals surface area contributed by atoms with E-state index in [1.54, 1.807) is 13.0 Å². The Hall–Kier alpha value is -3.22. The van der Waals surface area contributed by atoms with E-state index < -0.39 is 11.6 Å². The summed E-state index contributed by atoms with van der Waals surface area (Å²) in [5, 5.41) is 10.2. The molecule has 3 aromatic rings. The summed E-state index contributed by atoms with van der Waals surface area (Å²) in [6, 6.07) is 20.9. The number of carbonyl (C=O) groups is 1. The van der Waals surface area contributed by atoms with Crippen molar-refractivity contribution in [3.05, 3.63) is 95.2 Å². The minimum absolute atomic E-state index is 0.144. The van der Waals surface area contributed by atoms with Gasteiger partial charge in [-0.1, -0.05) is 67.6 Å². The second-order valence-corrected chi connectivity index (χ2v) is 7.08. The molecule has 0 unspecified atom stereocenters. The molecule has 0 aliphatic carbocycles. The SMILES string of the molecule is CC[C@](OCc1ccccc1)(C(=O)O)c1ccnc(OC)c1COCc1ccccc1. The Bertz CT molecular complexity index is 978. The van der Waals surface area contributed by atoms with E-state index in [2.05, 4.69) is 4.98 Å². The third-order valence-electron chi connectivity index (χ3n) is 5.17.